The summed E-state index contributed by atoms with van der Waals surface area (Å²) in [6.07, 6.45) is -0.587. The molecule has 24 heavy (non-hydrogen) atoms. The molecule has 2 heterocycles. The van der Waals surface area contributed by atoms with Crippen LogP contribution in [0.1, 0.15) is 45.9 Å². The number of ether oxygens (including phenoxy) is 1. The van der Waals surface area contributed by atoms with Crippen LogP contribution in [0, 0.1) is 11.3 Å². The fourth-order valence-corrected chi connectivity index (χ4v) is 4.27. The SMILES string of the molecule is CCC1(CC)C(Nc2ccc3nnc(C(F)F)n3n2)C(C)C1OC. The Morgan fingerprint density at radius 2 is 2.00 bits per heavy atom. The van der Waals surface area contributed by atoms with Gasteiger partial charge in [-0.3, -0.25) is 0 Å². The van der Waals surface area contributed by atoms with Gasteiger partial charge in [0, 0.05) is 24.5 Å². The lowest BCUT2D eigenvalue weighted by atomic mass is 9.53. The largest absolute Gasteiger partial charge is 0.380 e. The van der Waals surface area contributed by atoms with Gasteiger partial charge in [0.15, 0.2) is 5.65 Å². The van der Waals surface area contributed by atoms with E-state index in [1.54, 1.807) is 19.2 Å². The summed E-state index contributed by atoms with van der Waals surface area (Å²) >= 11 is 0. The van der Waals surface area contributed by atoms with Crippen LogP contribution in [-0.2, 0) is 4.74 Å². The average Bonchev–Trinajstić information content (AvgIpc) is 3.00. The molecule has 6 nitrogen and oxygen atoms in total. The Kier molecular flexibility index (Phi) is 4.42. The quantitative estimate of drug-likeness (QED) is 0.875. The minimum Gasteiger partial charge on any atom is -0.380 e. The number of nitrogens with zero attached hydrogens (tertiary/aromatic N) is 4. The first-order chi connectivity index (χ1) is 11.5. The van der Waals surface area contributed by atoms with E-state index in [1.165, 1.54) is 0 Å². The van der Waals surface area contributed by atoms with E-state index in [-0.39, 0.29) is 17.6 Å². The number of halogens is 2. The molecule has 132 valence electrons. The molecule has 1 aliphatic rings. The summed E-state index contributed by atoms with van der Waals surface area (Å²) < 4.78 is 32.8. The lowest BCUT2D eigenvalue weighted by Crippen LogP contribution is -2.66. The van der Waals surface area contributed by atoms with Crippen molar-refractivity contribution in [2.24, 2.45) is 11.3 Å². The second-order valence-corrected chi connectivity index (χ2v) is 6.43. The number of alkyl halides is 2. The molecule has 1 fully saturated rings. The van der Waals surface area contributed by atoms with Crippen molar-refractivity contribution in [3.8, 4) is 0 Å². The van der Waals surface area contributed by atoms with Gasteiger partial charge < -0.3 is 10.1 Å². The molecule has 0 saturated heterocycles. The molecule has 8 heteroatoms. The van der Waals surface area contributed by atoms with Gasteiger partial charge in [0.25, 0.3) is 6.43 Å². The van der Waals surface area contributed by atoms with Gasteiger partial charge in [0.1, 0.15) is 5.82 Å². The van der Waals surface area contributed by atoms with Crippen molar-refractivity contribution in [2.75, 3.05) is 12.4 Å². The normalized spacial score (nSPS) is 25.9. The Hall–Kier alpha value is -1.83. The molecule has 0 aliphatic heterocycles. The van der Waals surface area contributed by atoms with Crippen molar-refractivity contribution in [3.63, 3.8) is 0 Å². The highest BCUT2D eigenvalue weighted by Crippen LogP contribution is 2.53. The Bertz CT molecular complexity index is 716. The van der Waals surface area contributed by atoms with Crippen molar-refractivity contribution in [2.45, 2.75) is 52.2 Å². The van der Waals surface area contributed by atoms with Crippen molar-refractivity contribution < 1.29 is 13.5 Å². The molecule has 2 aromatic rings. The van der Waals surface area contributed by atoms with E-state index in [1.807, 2.05) is 0 Å². The summed E-state index contributed by atoms with van der Waals surface area (Å²) in [6.45, 7) is 6.44. The van der Waals surface area contributed by atoms with E-state index < -0.39 is 12.2 Å². The third-order valence-electron chi connectivity index (χ3n) is 5.55. The summed E-state index contributed by atoms with van der Waals surface area (Å²) in [5.41, 5.74) is 0.327. The van der Waals surface area contributed by atoms with Gasteiger partial charge in [0.2, 0.25) is 5.82 Å². The summed E-state index contributed by atoms with van der Waals surface area (Å²) in [5.74, 6) is 0.409. The van der Waals surface area contributed by atoms with Crippen LogP contribution in [0.15, 0.2) is 12.1 Å². The lowest BCUT2D eigenvalue weighted by molar-refractivity contribution is -0.150. The molecule has 3 atom stereocenters. The molecule has 0 amide bonds. The standard InChI is InChI=1S/C16H23F2N5O/c1-5-16(6-2)12(9(3)13(16)24-4)19-10-7-8-11-20-21-15(14(17)18)23(11)22-10/h7-9,12-14H,5-6H2,1-4H3,(H,19,22). The molecule has 1 aliphatic carbocycles. The van der Waals surface area contributed by atoms with E-state index in [0.717, 1.165) is 17.4 Å². The number of hydrogen-bond acceptors (Lipinski definition) is 5. The summed E-state index contributed by atoms with van der Waals surface area (Å²) in [7, 11) is 1.74. The molecular formula is C16H23F2N5O. The summed E-state index contributed by atoms with van der Waals surface area (Å²) in [6, 6.07) is 3.57. The van der Waals surface area contributed by atoms with Crippen LogP contribution >= 0.6 is 0 Å². The molecule has 0 radical (unpaired) electrons. The van der Waals surface area contributed by atoms with Crippen LogP contribution in [0.3, 0.4) is 0 Å². The van der Waals surface area contributed by atoms with Crippen molar-refractivity contribution in [1.82, 2.24) is 19.8 Å². The first-order valence-electron chi connectivity index (χ1n) is 8.28. The van der Waals surface area contributed by atoms with Gasteiger partial charge in [-0.2, -0.15) is 4.52 Å². The molecule has 0 aromatic carbocycles. The predicted octanol–water partition coefficient (Wildman–Crippen LogP) is 3.31. The number of anilines is 1. The van der Waals surface area contributed by atoms with Gasteiger partial charge >= 0.3 is 0 Å². The second-order valence-electron chi connectivity index (χ2n) is 6.43. The highest BCUT2D eigenvalue weighted by atomic mass is 19.3. The van der Waals surface area contributed by atoms with E-state index in [2.05, 4.69) is 41.4 Å². The van der Waals surface area contributed by atoms with Crippen LogP contribution in [0.4, 0.5) is 14.6 Å². The zero-order chi connectivity index (χ0) is 17.5. The third kappa shape index (κ3) is 2.35. The van der Waals surface area contributed by atoms with E-state index in [0.29, 0.717) is 17.4 Å². The minimum atomic E-state index is -2.71. The van der Waals surface area contributed by atoms with Gasteiger partial charge in [-0.15, -0.1) is 15.3 Å². The van der Waals surface area contributed by atoms with Crippen LogP contribution in [-0.4, -0.2) is 39.1 Å². The monoisotopic (exact) mass is 339 g/mol. The van der Waals surface area contributed by atoms with Crippen molar-refractivity contribution in [1.29, 1.82) is 0 Å². The van der Waals surface area contributed by atoms with Gasteiger partial charge in [0.05, 0.1) is 6.10 Å². The second kappa shape index (κ2) is 6.23. The zero-order valence-corrected chi connectivity index (χ0v) is 14.3. The van der Waals surface area contributed by atoms with E-state index in [9.17, 15) is 8.78 Å². The summed E-state index contributed by atoms with van der Waals surface area (Å²) in [4.78, 5) is 0. The topological polar surface area (TPSA) is 64.3 Å². The number of rotatable bonds is 6. The van der Waals surface area contributed by atoms with E-state index in [4.69, 9.17) is 4.74 Å². The Morgan fingerprint density at radius 1 is 1.29 bits per heavy atom. The minimum absolute atomic E-state index is 0.0174. The van der Waals surface area contributed by atoms with Gasteiger partial charge in [-0.1, -0.05) is 20.8 Å². The van der Waals surface area contributed by atoms with Crippen LogP contribution in [0.2, 0.25) is 0 Å². The maximum atomic E-state index is 13.0. The molecule has 0 bridgehead atoms. The van der Waals surface area contributed by atoms with Crippen molar-refractivity contribution >= 4 is 11.5 Å². The number of fused-ring (bicyclic) bond motifs is 1. The van der Waals surface area contributed by atoms with Gasteiger partial charge in [-0.25, -0.2) is 8.78 Å². The molecule has 0 spiro atoms. The fraction of sp³-hybridized carbons (Fsp3) is 0.688. The molecule has 3 rings (SSSR count). The van der Waals surface area contributed by atoms with Crippen LogP contribution in [0.5, 0.6) is 0 Å². The van der Waals surface area contributed by atoms with Crippen LogP contribution < -0.4 is 5.32 Å². The predicted molar refractivity (Wildman–Crippen MR) is 86.1 cm³/mol. The molecular weight excluding hydrogens is 316 g/mol. The first kappa shape index (κ1) is 17.0. The van der Waals surface area contributed by atoms with Crippen molar-refractivity contribution in [3.05, 3.63) is 18.0 Å². The van der Waals surface area contributed by atoms with E-state index >= 15 is 0 Å². The number of aromatic nitrogens is 4. The lowest BCUT2D eigenvalue weighted by Gasteiger charge is -2.59. The average molecular weight is 339 g/mol. The molecule has 1 N–H and O–H groups in total. The highest BCUT2D eigenvalue weighted by Gasteiger charge is 2.58. The Labute approximate surface area is 139 Å². The Balaban J connectivity index is 1.90. The number of nitrogens with one attached hydrogen (secondary N) is 1. The Morgan fingerprint density at radius 3 is 2.58 bits per heavy atom. The van der Waals surface area contributed by atoms with Crippen LogP contribution in [0.25, 0.3) is 5.65 Å². The number of methoxy groups -OCH3 is 1. The zero-order valence-electron chi connectivity index (χ0n) is 14.3. The van der Waals surface area contributed by atoms with Gasteiger partial charge in [-0.05, 0) is 25.0 Å². The third-order valence-corrected chi connectivity index (χ3v) is 5.55. The maximum absolute atomic E-state index is 13.0. The molecule has 1 saturated carbocycles. The highest BCUT2D eigenvalue weighted by molar-refractivity contribution is 5.45. The molecule has 2 aromatic heterocycles. The maximum Gasteiger partial charge on any atom is 0.299 e. The molecule has 3 unspecified atom stereocenters. The first-order valence-corrected chi connectivity index (χ1v) is 8.28. The summed E-state index contributed by atoms with van der Waals surface area (Å²) in [5, 5.41) is 14.9. The fourth-order valence-electron chi connectivity index (χ4n) is 4.27. The number of hydrogen-bond donors (Lipinski definition) is 1. The smallest absolute Gasteiger partial charge is 0.299 e.